The van der Waals surface area contributed by atoms with Crippen molar-refractivity contribution in [2.75, 3.05) is 25.0 Å². The lowest BCUT2D eigenvalue weighted by Crippen LogP contribution is -2.43. The van der Waals surface area contributed by atoms with Crippen LogP contribution >= 0.6 is 0 Å². The van der Waals surface area contributed by atoms with Crippen molar-refractivity contribution >= 4 is 17.5 Å². The number of carbonyl (C=O) groups excluding carboxylic acids is 2. The van der Waals surface area contributed by atoms with Crippen LogP contribution in [0.15, 0.2) is 42.7 Å². The number of nitrogens with zero attached hydrogens (tertiary/aromatic N) is 3. The summed E-state index contributed by atoms with van der Waals surface area (Å²) in [5, 5.41) is 5.66. The Morgan fingerprint density at radius 3 is 2.46 bits per heavy atom. The first-order chi connectivity index (χ1) is 13.6. The number of likely N-dealkylation sites (tertiary alicyclic amines) is 1. The molecule has 1 saturated heterocycles. The van der Waals surface area contributed by atoms with Crippen molar-refractivity contribution in [2.24, 2.45) is 0 Å². The third kappa shape index (κ3) is 6.31. The van der Waals surface area contributed by atoms with Crippen molar-refractivity contribution in [3.05, 3.63) is 48.3 Å². The van der Waals surface area contributed by atoms with Crippen LogP contribution in [0.4, 0.5) is 5.69 Å². The van der Waals surface area contributed by atoms with Crippen LogP contribution in [0.3, 0.4) is 0 Å². The van der Waals surface area contributed by atoms with Gasteiger partial charge in [-0.1, -0.05) is 12.1 Å². The molecule has 0 bridgehead atoms. The van der Waals surface area contributed by atoms with Crippen LogP contribution in [0.5, 0.6) is 6.01 Å². The summed E-state index contributed by atoms with van der Waals surface area (Å²) in [6, 6.07) is 9.59. The molecule has 0 unspecified atom stereocenters. The second-order valence-corrected chi connectivity index (χ2v) is 6.78. The van der Waals surface area contributed by atoms with Gasteiger partial charge in [0, 0.05) is 44.6 Å². The Hall–Kier alpha value is -3.00. The van der Waals surface area contributed by atoms with E-state index in [1.54, 1.807) is 18.5 Å². The molecule has 8 heteroatoms. The van der Waals surface area contributed by atoms with Crippen LogP contribution in [-0.4, -0.2) is 52.4 Å². The van der Waals surface area contributed by atoms with Crippen molar-refractivity contribution in [3.63, 3.8) is 0 Å². The van der Waals surface area contributed by atoms with Gasteiger partial charge in [0.25, 0.3) is 0 Å². The van der Waals surface area contributed by atoms with Gasteiger partial charge in [-0.3, -0.25) is 14.5 Å². The van der Waals surface area contributed by atoms with Gasteiger partial charge >= 0.3 is 6.01 Å². The molecular weight excluding hydrogens is 358 g/mol. The van der Waals surface area contributed by atoms with E-state index >= 15 is 0 Å². The number of ether oxygens (including phenoxy) is 1. The number of piperidine rings is 1. The zero-order valence-electron chi connectivity index (χ0n) is 15.9. The molecular formula is C20H25N5O3. The molecule has 8 nitrogen and oxygen atoms in total. The normalized spacial score (nSPS) is 15.0. The maximum atomic E-state index is 12.2. The molecule has 28 heavy (non-hydrogen) atoms. The predicted molar refractivity (Wildman–Crippen MR) is 105 cm³/mol. The van der Waals surface area contributed by atoms with Gasteiger partial charge in [0.05, 0.1) is 6.54 Å². The second-order valence-electron chi connectivity index (χ2n) is 6.78. The SMILES string of the molecule is CC(=O)Nc1ccc(CNC(=O)CN2CCC(Oc3ncccn3)CC2)cc1. The van der Waals surface area contributed by atoms with Gasteiger partial charge in [-0.15, -0.1) is 0 Å². The van der Waals surface area contributed by atoms with Gasteiger partial charge in [-0.2, -0.15) is 0 Å². The van der Waals surface area contributed by atoms with Crippen LogP contribution < -0.4 is 15.4 Å². The minimum atomic E-state index is -0.105. The van der Waals surface area contributed by atoms with Gasteiger partial charge < -0.3 is 15.4 Å². The van der Waals surface area contributed by atoms with Crippen molar-refractivity contribution in [3.8, 4) is 6.01 Å². The topological polar surface area (TPSA) is 96.5 Å². The number of carbonyl (C=O) groups is 2. The molecule has 0 spiro atoms. The van der Waals surface area contributed by atoms with E-state index in [4.69, 9.17) is 4.74 Å². The first-order valence-corrected chi connectivity index (χ1v) is 9.38. The monoisotopic (exact) mass is 383 g/mol. The highest BCUT2D eigenvalue weighted by molar-refractivity contribution is 5.88. The number of amides is 2. The summed E-state index contributed by atoms with van der Waals surface area (Å²) in [5.41, 5.74) is 1.73. The molecule has 1 aromatic carbocycles. The van der Waals surface area contributed by atoms with E-state index < -0.39 is 0 Å². The van der Waals surface area contributed by atoms with Gasteiger partial charge in [0.2, 0.25) is 11.8 Å². The lowest BCUT2D eigenvalue weighted by molar-refractivity contribution is -0.123. The molecule has 1 fully saturated rings. The Morgan fingerprint density at radius 2 is 1.82 bits per heavy atom. The first kappa shape index (κ1) is 19.8. The van der Waals surface area contributed by atoms with Crippen molar-refractivity contribution in [1.29, 1.82) is 0 Å². The number of rotatable bonds is 7. The summed E-state index contributed by atoms with van der Waals surface area (Å²) >= 11 is 0. The molecule has 148 valence electrons. The second kappa shape index (κ2) is 9.80. The van der Waals surface area contributed by atoms with E-state index in [0.717, 1.165) is 37.2 Å². The van der Waals surface area contributed by atoms with Gasteiger partial charge in [-0.05, 0) is 36.6 Å². The van der Waals surface area contributed by atoms with Gasteiger partial charge in [-0.25, -0.2) is 9.97 Å². The Kier molecular flexibility index (Phi) is 6.91. The molecule has 0 saturated carbocycles. The van der Waals surface area contributed by atoms with Crippen molar-refractivity contribution in [2.45, 2.75) is 32.4 Å². The zero-order valence-corrected chi connectivity index (χ0v) is 15.9. The average Bonchev–Trinajstić information content (AvgIpc) is 2.69. The Labute approximate surface area is 164 Å². The highest BCUT2D eigenvalue weighted by Crippen LogP contribution is 2.15. The Bertz CT molecular complexity index is 774. The summed E-state index contributed by atoms with van der Waals surface area (Å²) < 4.78 is 5.77. The molecule has 1 aliphatic heterocycles. The molecule has 0 aliphatic carbocycles. The van der Waals surface area contributed by atoms with E-state index in [0.29, 0.717) is 19.1 Å². The van der Waals surface area contributed by atoms with E-state index in [2.05, 4.69) is 25.5 Å². The summed E-state index contributed by atoms with van der Waals surface area (Å²) in [7, 11) is 0. The Balaban J connectivity index is 1.36. The molecule has 1 aliphatic rings. The average molecular weight is 383 g/mol. The Morgan fingerprint density at radius 1 is 1.14 bits per heavy atom. The summed E-state index contributed by atoms with van der Waals surface area (Å²) in [5.74, 6) is -0.108. The third-order valence-electron chi connectivity index (χ3n) is 4.48. The fourth-order valence-electron chi connectivity index (χ4n) is 3.05. The highest BCUT2D eigenvalue weighted by Gasteiger charge is 2.22. The fraction of sp³-hybridized carbons (Fsp3) is 0.400. The first-order valence-electron chi connectivity index (χ1n) is 9.38. The maximum absolute atomic E-state index is 12.2. The van der Waals surface area contributed by atoms with Gasteiger partial charge in [0.1, 0.15) is 6.10 Å². The maximum Gasteiger partial charge on any atom is 0.316 e. The van der Waals surface area contributed by atoms with Gasteiger partial charge in [0.15, 0.2) is 0 Å². The quantitative estimate of drug-likeness (QED) is 0.754. The van der Waals surface area contributed by atoms with Crippen LogP contribution in [0.25, 0.3) is 0 Å². The van der Waals surface area contributed by atoms with E-state index in [1.807, 2.05) is 24.3 Å². The molecule has 2 heterocycles. The minimum absolute atomic E-state index is 0.00306. The number of anilines is 1. The fourth-order valence-corrected chi connectivity index (χ4v) is 3.05. The molecule has 0 atom stereocenters. The van der Waals surface area contributed by atoms with Crippen molar-refractivity contribution in [1.82, 2.24) is 20.2 Å². The number of hydrogen-bond acceptors (Lipinski definition) is 6. The molecule has 0 radical (unpaired) electrons. The molecule has 3 rings (SSSR count). The number of benzene rings is 1. The summed E-state index contributed by atoms with van der Waals surface area (Å²) in [6.45, 7) is 3.91. The van der Waals surface area contributed by atoms with Crippen molar-refractivity contribution < 1.29 is 14.3 Å². The largest absolute Gasteiger partial charge is 0.460 e. The number of aromatic nitrogens is 2. The lowest BCUT2D eigenvalue weighted by Gasteiger charge is -2.31. The number of hydrogen-bond donors (Lipinski definition) is 2. The number of nitrogens with one attached hydrogen (secondary N) is 2. The third-order valence-corrected chi connectivity index (χ3v) is 4.48. The minimum Gasteiger partial charge on any atom is -0.460 e. The summed E-state index contributed by atoms with van der Waals surface area (Å²) in [4.78, 5) is 33.5. The van der Waals surface area contributed by atoms with E-state index in [1.165, 1.54) is 6.92 Å². The molecule has 2 N–H and O–H groups in total. The van der Waals surface area contributed by atoms with Crippen LogP contribution in [0, 0.1) is 0 Å². The smallest absolute Gasteiger partial charge is 0.316 e. The van der Waals surface area contributed by atoms with Crippen LogP contribution in [0.1, 0.15) is 25.3 Å². The van der Waals surface area contributed by atoms with E-state index in [-0.39, 0.29) is 17.9 Å². The molecule has 1 aromatic heterocycles. The van der Waals surface area contributed by atoms with E-state index in [9.17, 15) is 9.59 Å². The lowest BCUT2D eigenvalue weighted by atomic mass is 10.1. The predicted octanol–water partition coefficient (Wildman–Crippen LogP) is 1.59. The van der Waals surface area contributed by atoms with Crippen LogP contribution in [-0.2, 0) is 16.1 Å². The molecule has 2 amide bonds. The standard InChI is InChI=1S/C20H25N5O3/c1-15(26)24-17-5-3-16(4-6-17)13-23-19(27)14-25-11-7-18(8-12-25)28-20-21-9-2-10-22-20/h2-6,9-10,18H,7-8,11-14H2,1H3,(H,23,27)(H,24,26). The zero-order chi connectivity index (χ0) is 19.8. The highest BCUT2D eigenvalue weighted by atomic mass is 16.5. The summed E-state index contributed by atoms with van der Waals surface area (Å²) in [6.07, 6.45) is 5.10. The van der Waals surface area contributed by atoms with Crippen LogP contribution in [0.2, 0.25) is 0 Å². The molecule has 2 aromatic rings.